The number of rotatable bonds is 10. The Bertz CT molecular complexity index is 370. The van der Waals surface area contributed by atoms with Crippen molar-refractivity contribution in [2.45, 2.75) is 64.3 Å². The monoisotopic (exact) mass is 300 g/mol. The van der Waals surface area contributed by atoms with Gasteiger partial charge in [0.1, 0.15) is 17.5 Å². The van der Waals surface area contributed by atoms with E-state index in [4.69, 9.17) is 0 Å². The average molecular weight is 300 g/mol. The highest BCUT2D eigenvalue weighted by molar-refractivity contribution is 6.53. The van der Waals surface area contributed by atoms with Crippen molar-refractivity contribution in [2.24, 2.45) is 0 Å². The molecule has 0 aliphatic heterocycles. The maximum absolute atomic E-state index is 13.4. The fraction of sp³-hybridized carbons (Fsp3) is 0.625. The van der Waals surface area contributed by atoms with Crippen LogP contribution in [-0.4, -0.2) is 9.52 Å². The largest absolute Gasteiger partial charge is 0.207 e. The fourth-order valence-electron chi connectivity index (χ4n) is 2.18. The van der Waals surface area contributed by atoms with Crippen LogP contribution in [0.4, 0.5) is 13.2 Å². The first-order valence-corrected chi connectivity index (χ1v) is 8.74. The lowest BCUT2D eigenvalue weighted by atomic mass is 10.1. The molecule has 0 spiro atoms. The van der Waals surface area contributed by atoms with E-state index in [9.17, 15) is 13.2 Å². The molecule has 2 radical (unpaired) electrons. The molecule has 0 atom stereocenters. The summed E-state index contributed by atoms with van der Waals surface area (Å²) in [6, 6.07) is 2.31. The highest BCUT2D eigenvalue weighted by Gasteiger charge is 2.11. The number of hydrogen-bond donors (Lipinski definition) is 0. The van der Waals surface area contributed by atoms with Crippen LogP contribution in [0.3, 0.4) is 0 Å². The maximum Gasteiger partial charge on any atom is 0.129 e. The topological polar surface area (TPSA) is 0 Å². The van der Waals surface area contributed by atoms with Crippen LogP contribution in [0.1, 0.15) is 58.3 Å². The van der Waals surface area contributed by atoms with Crippen molar-refractivity contribution in [3.8, 4) is 0 Å². The molecule has 0 amide bonds. The van der Waals surface area contributed by atoms with Crippen LogP contribution in [0.15, 0.2) is 12.1 Å². The quantitative estimate of drug-likeness (QED) is 0.422. The first-order chi connectivity index (χ1) is 9.65. The number of halogens is 3. The zero-order valence-corrected chi connectivity index (χ0v) is 13.2. The molecule has 112 valence electrons. The number of unbranched alkanes of at least 4 members (excludes halogenated alkanes) is 7. The minimum absolute atomic E-state index is 0.0503. The van der Waals surface area contributed by atoms with Crippen molar-refractivity contribution in [1.82, 2.24) is 0 Å². The van der Waals surface area contributed by atoms with Gasteiger partial charge in [0.05, 0.1) is 9.52 Å². The smallest absolute Gasteiger partial charge is 0.129 e. The lowest BCUT2D eigenvalue weighted by Crippen LogP contribution is -2.22. The Labute approximate surface area is 122 Å². The first-order valence-electron chi connectivity index (χ1n) is 7.53. The Morgan fingerprint density at radius 2 is 1.30 bits per heavy atom. The van der Waals surface area contributed by atoms with Crippen LogP contribution in [0, 0.1) is 17.5 Å². The molecule has 0 unspecified atom stereocenters. The summed E-state index contributed by atoms with van der Waals surface area (Å²) < 4.78 is 39.5. The van der Waals surface area contributed by atoms with Crippen LogP contribution >= 0.6 is 0 Å². The second kappa shape index (κ2) is 10.0. The van der Waals surface area contributed by atoms with E-state index in [1.165, 1.54) is 38.5 Å². The van der Waals surface area contributed by atoms with E-state index in [1.54, 1.807) is 0 Å². The first kappa shape index (κ1) is 17.3. The minimum atomic E-state index is -0.847. The van der Waals surface area contributed by atoms with Gasteiger partial charge in [0.2, 0.25) is 0 Å². The van der Waals surface area contributed by atoms with Gasteiger partial charge in [-0.05, 0) is 0 Å². The van der Waals surface area contributed by atoms with Gasteiger partial charge in [0.25, 0.3) is 0 Å². The summed E-state index contributed by atoms with van der Waals surface area (Å²) in [5, 5.41) is 0.0503. The summed E-state index contributed by atoms with van der Waals surface area (Å²) in [6.07, 6.45) is 9.72. The van der Waals surface area contributed by atoms with Gasteiger partial charge in [-0.25, -0.2) is 13.2 Å². The molecule has 0 N–H and O–H groups in total. The molecule has 1 aromatic carbocycles. The predicted octanol–water partition coefficient (Wildman–Crippen LogP) is 4.99. The molecule has 0 aliphatic rings. The summed E-state index contributed by atoms with van der Waals surface area (Å²) >= 11 is 0. The molecule has 0 bridgehead atoms. The molecular formula is C16H23F3Si. The van der Waals surface area contributed by atoms with Crippen LogP contribution < -0.4 is 5.19 Å². The maximum atomic E-state index is 13.4. The summed E-state index contributed by atoms with van der Waals surface area (Å²) in [4.78, 5) is 0. The average Bonchev–Trinajstić information content (AvgIpc) is 2.39. The van der Waals surface area contributed by atoms with Gasteiger partial charge in [0, 0.05) is 17.3 Å². The Morgan fingerprint density at radius 3 is 1.85 bits per heavy atom. The van der Waals surface area contributed by atoms with E-state index in [1.807, 2.05) is 0 Å². The zero-order valence-electron chi connectivity index (χ0n) is 12.2. The predicted molar refractivity (Wildman–Crippen MR) is 79.1 cm³/mol. The third kappa shape index (κ3) is 6.59. The second-order valence-corrected chi connectivity index (χ2v) is 6.50. The molecule has 4 heteroatoms. The summed E-state index contributed by atoms with van der Waals surface area (Å²) in [6.45, 7) is 2.20. The SMILES string of the molecule is CCCCCCCCCC[Si]c1c(F)cc(F)cc1F. The molecule has 0 nitrogen and oxygen atoms in total. The molecule has 1 aromatic rings. The van der Waals surface area contributed by atoms with E-state index in [0.717, 1.165) is 31.0 Å². The molecule has 20 heavy (non-hydrogen) atoms. The summed E-state index contributed by atoms with van der Waals surface area (Å²) in [5.41, 5.74) is 0. The Kier molecular flexibility index (Phi) is 8.66. The van der Waals surface area contributed by atoms with Gasteiger partial charge in [0.15, 0.2) is 0 Å². The van der Waals surface area contributed by atoms with Crippen LogP contribution in [0.25, 0.3) is 0 Å². The van der Waals surface area contributed by atoms with E-state index in [-0.39, 0.29) is 14.7 Å². The van der Waals surface area contributed by atoms with E-state index in [0.29, 0.717) is 0 Å². The van der Waals surface area contributed by atoms with Gasteiger partial charge < -0.3 is 0 Å². The molecule has 0 saturated heterocycles. The van der Waals surface area contributed by atoms with Gasteiger partial charge in [-0.1, -0.05) is 64.3 Å². The molecular weight excluding hydrogens is 277 g/mol. The van der Waals surface area contributed by atoms with Crippen LogP contribution in [0.2, 0.25) is 6.04 Å². The van der Waals surface area contributed by atoms with Crippen molar-refractivity contribution < 1.29 is 13.2 Å². The number of benzene rings is 1. The normalized spacial score (nSPS) is 11.0. The van der Waals surface area contributed by atoms with E-state index < -0.39 is 17.5 Å². The molecule has 0 saturated carbocycles. The number of hydrogen-bond acceptors (Lipinski definition) is 0. The van der Waals surface area contributed by atoms with Crippen molar-refractivity contribution in [2.75, 3.05) is 0 Å². The van der Waals surface area contributed by atoms with Crippen molar-refractivity contribution in [3.05, 3.63) is 29.6 Å². The minimum Gasteiger partial charge on any atom is -0.207 e. The van der Waals surface area contributed by atoms with Crippen molar-refractivity contribution >= 4 is 14.7 Å². The van der Waals surface area contributed by atoms with Gasteiger partial charge in [-0.15, -0.1) is 0 Å². The fourth-order valence-corrected chi connectivity index (χ4v) is 3.34. The van der Waals surface area contributed by atoms with Gasteiger partial charge in [-0.2, -0.15) is 0 Å². The standard InChI is InChI=1S/C16H23F3Si/c1-2-3-4-5-6-7-8-9-10-20-16-14(18)11-13(17)12-15(16)19/h11-12H,2-10H2,1H3. The molecule has 0 heterocycles. The van der Waals surface area contributed by atoms with Crippen molar-refractivity contribution in [1.29, 1.82) is 0 Å². The molecule has 0 aromatic heterocycles. The lowest BCUT2D eigenvalue weighted by Gasteiger charge is -2.05. The zero-order chi connectivity index (χ0) is 14.8. The van der Waals surface area contributed by atoms with Crippen LogP contribution in [0.5, 0.6) is 0 Å². The lowest BCUT2D eigenvalue weighted by molar-refractivity contribution is 0.553. The Hall–Kier alpha value is -0.773. The highest BCUT2D eigenvalue weighted by atomic mass is 28.2. The Balaban J connectivity index is 2.13. The van der Waals surface area contributed by atoms with Gasteiger partial charge >= 0.3 is 0 Å². The third-order valence-electron chi connectivity index (χ3n) is 3.34. The Morgan fingerprint density at radius 1 is 0.800 bits per heavy atom. The molecule has 0 aliphatic carbocycles. The van der Waals surface area contributed by atoms with Gasteiger partial charge in [-0.3, -0.25) is 0 Å². The molecule has 0 fully saturated rings. The van der Waals surface area contributed by atoms with Crippen molar-refractivity contribution in [3.63, 3.8) is 0 Å². The summed E-state index contributed by atoms with van der Waals surface area (Å²) in [5.74, 6) is -2.35. The third-order valence-corrected chi connectivity index (χ3v) is 4.77. The molecule has 1 rings (SSSR count). The van der Waals surface area contributed by atoms with E-state index >= 15 is 0 Å². The summed E-state index contributed by atoms with van der Waals surface area (Å²) in [7, 11) is 0.0940. The second-order valence-electron chi connectivity index (χ2n) is 5.15. The van der Waals surface area contributed by atoms with Crippen LogP contribution in [-0.2, 0) is 0 Å². The van der Waals surface area contributed by atoms with E-state index in [2.05, 4.69) is 6.92 Å². The highest BCUT2D eigenvalue weighted by Crippen LogP contribution is 2.10.